The molecule has 2 aromatic heterocycles. The van der Waals surface area contributed by atoms with E-state index in [9.17, 15) is 0 Å². The fourth-order valence-corrected chi connectivity index (χ4v) is 3.82. The highest BCUT2D eigenvalue weighted by Gasteiger charge is 2.02. The number of rotatable bonds is 0. The van der Waals surface area contributed by atoms with Crippen LogP contribution < -0.4 is 0 Å². The molecule has 2 heterocycles. The monoisotopic (exact) mass is 232 g/mol. The highest BCUT2D eigenvalue weighted by atomic mass is 79.9. The van der Waals surface area contributed by atoms with E-state index in [2.05, 4.69) is 34.3 Å². The zero-order chi connectivity index (χ0) is 7.14. The van der Waals surface area contributed by atoms with Crippen LogP contribution in [0.15, 0.2) is 15.2 Å². The van der Waals surface area contributed by atoms with E-state index >= 15 is 0 Å². The zero-order valence-electron chi connectivity index (χ0n) is 5.35. The van der Waals surface area contributed by atoms with Crippen LogP contribution in [0.4, 0.5) is 0 Å². The predicted molar refractivity (Wildman–Crippen MR) is 52.1 cm³/mol. The molecule has 0 nitrogen and oxygen atoms in total. The molecule has 0 aromatic carbocycles. The second-order valence-electron chi connectivity index (χ2n) is 2.16. The summed E-state index contributed by atoms with van der Waals surface area (Å²) >= 11 is 7.09. The highest BCUT2D eigenvalue weighted by molar-refractivity contribution is 9.11. The Hall–Kier alpha value is 0.140. The number of fused-ring (bicyclic) bond motifs is 1. The van der Waals surface area contributed by atoms with Crippen LogP contribution in [0.3, 0.4) is 0 Å². The van der Waals surface area contributed by atoms with E-state index in [0.29, 0.717) is 0 Å². The van der Waals surface area contributed by atoms with Crippen molar-refractivity contribution in [3.8, 4) is 0 Å². The van der Waals surface area contributed by atoms with Crippen LogP contribution in [0.5, 0.6) is 0 Å². The summed E-state index contributed by atoms with van der Waals surface area (Å²) in [6, 6.07) is 2.18. The molecule has 0 N–H and O–H groups in total. The number of aryl methyl sites for hydroxylation is 1. The first-order valence-corrected chi connectivity index (χ1v) is 5.39. The third kappa shape index (κ3) is 0.929. The smallest absolute Gasteiger partial charge is 0.0719 e. The van der Waals surface area contributed by atoms with Crippen LogP contribution in [0, 0.1) is 6.92 Å². The van der Waals surface area contributed by atoms with Crippen molar-refractivity contribution in [2.75, 3.05) is 0 Å². The lowest BCUT2D eigenvalue weighted by Crippen LogP contribution is -1.53. The van der Waals surface area contributed by atoms with Gasteiger partial charge < -0.3 is 0 Å². The summed E-state index contributed by atoms with van der Waals surface area (Å²) in [5.41, 5.74) is 1.40. The minimum absolute atomic E-state index is 1.23. The van der Waals surface area contributed by atoms with Gasteiger partial charge in [-0.1, -0.05) is 0 Å². The molecule has 0 saturated carbocycles. The van der Waals surface area contributed by atoms with Gasteiger partial charge in [-0.2, -0.15) is 0 Å². The van der Waals surface area contributed by atoms with E-state index in [0.717, 1.165) is 0 Å². The van der Waals surface area contributed by atoms with Crippen LogP contribution in [-0.2, 0) is 0 Å². The molecule has 0 saturated heterocycles. The van der Waals surface area contributed by atoms with Gasteiger partial charge >= 0.3 is 0 Å². The Labute approximate surface area is 75.6 Å². The maximum absolute atomic E-state index is 3.46. The Morgan fingerprint density at radius 1 is 1.50 bits per heavy atom. The molecule has 0 radical (unpaired) electrons. The molecular weight excluding hydrogens is 228 g/mol. The fourth-order valence-electron chi connectivity index (χ4n) is 0.914. The Balaban J connectivity index is 2.90. The van der Waals surface area contributed by atoms with E-state index in [1.54, 1.807) is 0 Å². The van der Waals surface area contributed by atoms with Crippen molar-refractivity contribution in [1.29, 1.82) is 0 Å². The third-order valence-corrected chi connectivity index (χ3v) is 4.34. The molecular formula is C7H5BrS2. The summed E-state index contributed by atoms with van der Waals surface area (Å²) in [6.07, 6.45) is 0. The van der Waals surface area contributed by atoms with Gasteiger partial charge in [0.25, 0.3) is 0 Å². The molecule has 3 heteroatoms. The Bertz CT molecular complexity index is 358. The van der Waals surface area contributed by atoms with E-state index < -0.39 is 0 Å². The summed E-state index contributed by atoms with van der Waals surface area (Å²) in [7, 11) is 0. The Morgan fingerprint density at radius 2 is 2.30 bits per heavy atom. The molecule has 2 rings (SSSR count). The first-order valence-electron chi connectivity index (χ1n) is 2.90. The van der Waals surface area contributed by atoms with Gasteiger partial charge in [-0.3, -0.25) is 0 Å². The van der Waals surface area contributed by atoms with Gasteiger partial charge in [0.15, 0.2) is 0 Å². The fraction of sp³-hybridized carbons (Fsp3) is 0.143. The molecule has 0 aliphatic heterocycles. The van der Waals surface area contributed by atoms with Crippen molar-refractivity contribution in [3.63, 3.8) is 0 Å². The lowest BCUT2D eigenvalue weighted by atomic mass is 10.4. The maximum atomic E-state index is 3.46. The molecule has 2 aromatic rings. The Kier molecular flexibility index (Phi) is 1.59. The normalized spacial score (nSPS) is 11.0. The maximum Gasteiger partial charge on any atom is 0.0719 e. The standard InChI is InChI=1S/C7H5BrS2/c1-4-3-9-5-2-6(8)10-7(4)5/h2-3H,1H3. The van der Waals surface area contributed by atoms with Gasteiger partial charge in [-0.05, 0) is 39.9 Å². The highest BCUT2D eigenvalue weighted by Crippen LogP contribution is 2.35. The summed E-state index contributed by atoms with van der Waals surface area (Å²) in [5.74, 6) is 0. The van der Waals surface area contributed by atoms with E-state index in [1.165, 1.54) is 18.7 Å². The molecule has 10 heavy (non-hydrogen) atoms. The van der Waals surface area contributed by atoms with Gasteiger partial charge in [-0.25, -0.2) is 0 Å². The van der Waals surface area contributed by atoms with Gasteiger partial charge in [0, 0.05) is 9.40 Å². The lowest BCUT2D eigenvalue weighted by Gasteiger charge is -1.77. The summed E-state index contributed by atoms with van der Waals surface area (Å²) in [5, 5.41) is 2.20. The van der Waals surface area contributed by atoms with Crippen molar-refractivity contribution in [2.24, 2.45) is 0 Å². The van der Waals surface area contributed by atoms with Crippen LogP contribution in [0.2, 0.25) is 0 Å². The average molecular weight is 233 g/mol. The van der Waals surface area contributed by atoms with Crippen LogP contribution >= 0.6 is 38.6 Å². The van der Waals surface area contributed by atoms with Gasteiger partial charge in [0.05, 0.1) is 3.79 Å². The second kappa shape index (κ2) is 2.32. The number of hydrogen-bond donors (Lipinski definition) is 0. The molecule has 0 spiro atoms. The summed E-state index contributed by atoms with van der Waals surface area (Å²) in [4.78, 5) is 0. The third-order valence-electron chi connectivity index (χ3n) is 1.39. The van der Waals surface area contributed by atoms with Crippen molar-refractivity contribution in [3.05, 3.63) is 20.8 Å². The number of hydrogen-bond acceptors (Lipinski definition) is 2. The van der Waals surface area contributed by atoms with Crippen LogP contribution in [0.25, 0.3) is 9.40 Å². The molecule has 0 bridgehead atoms. The number of thiophene rings is 2. The molecule has 0 fully saturated rings. The molecule has 0 unspecified atom stereocenters. The van der Waals surface area contributed by atoms with E-state index in [4.69, 9.17) is 0 Å². The topological polar surface area (TPSA) is 0 Å². The lowest BCUT2D eigenvalue weighted by molar-refractivity contribution is 1.62. The summed E-state index contributed by atoms with van der Waals surface area (Å²) < 4.78 is 4.06. The minimum Gasteiger partial charge on any atom is -0.143 e. The molecule has 52 valence electrons. The largest absolute Gasteiger partial charge is 0.143 e. The van der Waals surface area contributed by atoms with Crippen molar-refractivity contribution in [2.45, 2.75) is 6.92 Å². The Morgan fingerprint density at radius 3 is 3.00 bits per heavy atom. The van der Waals surface area contributed by atoms with Gasteiger partial charge in [0.1, 0.15) is 0 Å². The van der Waals surface area contributed by atoms with Crippen molar-refractivity contribution >= 4 is 48.0 Å². The minimum atomic E-state index is 1.23. The predicted octanol–water partition coefficient (Wildman–Crippen LogP) is 4.03. The van der Waals surface area contributed by atoms with Gasteiger partial charge in [0.2, 0.25) is 0 Å². The quantitative estimate of drug-likeness (QED) is 0.644. The van der Waals surface area contributed by atoms with Crippen molar-refractivity contribution < 1.29 is 0 Å². The molecule has 0 aliphatic rings. The molecule has 0 aliphatic carbocycles. The SMILES string of the molecule is Cc1csc2cc(Br)sc12. The summed E-state index contributed by atoms with van der Waals surface area (Å²) in [6.45, 7) is 2.15. The van der Waals surface area contributed by atoms with Crippen LogP contribution in [0.1, 0.15) is 5.56 Å². The molecule has 0 atom stereocenters. The van der Waals surface area contributed by atoms with E-state index in [1.807, 2.05) is 22.7 Å². The van der Waals surface area contributed by atoms with E-state index in [-0.39, 0.29) is 0 Å². The first-order chi connectivity index (χ1) is 4.77. The first kappa shape index (κ1) is 6.83. The van der Waals surface area contributed by atoms with Gasteiger partial charge in [-0.15, -0.1) is 22.7 Å². The number of halogens is 1. The second-order valence-corrected chi connectivity index (χ2v) is 5.51. The molecule has 0 amide bonds. The zero-order valence-corrected chi connectivity index (χ0v) is 8.57. The average Bonchev–Trinajstić information content (AvgIpc) is 2.35. The van der Waals surface area contributed by atoms with Crippen LogP contribution in [-0.4, -0.2) is 0 Å². The van der Waals surface area contributed by atoms with Crippen molar-refractivity contribution in [1.82, 2.24) is 0 Å².